The highest BCUT2D eigenvalue weighted by molar-refractivity contribution is 5.73. The minimum atomic E-state index is -0.860. The van der Waals surface area contributed by atoms with Gasteiger partial charge in [0.2, 0.25) is 5.91 Å². The summed E-state index contributed by atoms with van der Waals surface area (Å²) in [6, 6.07) is 1.59. The molecular weight excluding hydrogens is 196 g/mol. The Labute approximate surface area is 87.5 Å². The molecule has 15 heavy (non-hydrogen) atoms. The van der Waals surface area contributed by atoms with Gasteiger partial charge in [-0.2, -0.15) is 0 Å². The summed E-state index contributed by atoms with van der Waals surface area (Å²) in [5.41, 5.74) is 0.895. The SMILES string of the molecule is CC(=O)NC(CCC(=O)O)c1cc[nH]c1. The highest BCUT2D eigenvalue weighted by Gasteiger charge is 2.14. The van der Waals surface area contributed by atoms with Crippen LogP contribution in [0.2, 0.25) is 0 Å². The van der Waals surface area contributed by atoms with Crippen LogP contribution in [0.1, 0.15) is 31.4 Å². The molecule has 1 aromatic heterocycles. The zero-order chi connectivity index (χ0) is 11.3. The van der Waals surface area contributed by atoms with Gasteiger partial charge in [0, 0.05) is 25.7 Å². The van der Waals surface area contributed by atoms with Gasteiger partial charge in [-0.25, -0.2) is 0 Å². The molecule has 0 saturated heterocycles. The normalized spacial score (nSPS) is 12.1. The fourth-order valence-electron chi connectivity index (χ4n) is 1.39. The van der Waals surface area contributed by atoms with Crippen LogP contribution in [-0.4, -0.2) is 22.0 Å². The molecule has 1 amide bonds. The van der Waals surface area contributed by atoms with Crippen molar-refractivity contribution in [3.05, 3.63) is 24.0 Å². The molecule has 82 valence electrons. The van der Waals surface area contributed by atoms with Gasteiger partial charge in [0.1, 0.15) is 0 Å². The Morgan fingerprint density at radius 1 is 1.60 bits per heavy atom. The second-order valence-corrected chi connectivity index (χ2v) is 3.33. The maximum Gasteiger partial charge on any atom is 0.303 e. The maximum atomic E-state index is 10.9. The van der Waals surface area contributed by atoms with Crippen LogP contribution in [0.5, 0.6) is 0 Å². The van der Waals surface area contributed by atoms with E-state index in [1.165, 1.54) is 6.92 Å². The molecule has 0 aliphatic heterocycles. The fraction of sp³-hybridized carbons (Fsp3) is 0.400. The quantitative estimate of drug-likeness (QED) is 0.679. The molecule has 0 radical (unpaired) electrons. The molecular formula is C10H14N2O3. The van der Waals surface area contributed by atoms with Crippen LogP contribution in [0.4, 0.5) is 0 Å². The molecule has 0 fully saturated rings. The summed E-state index contributed by atoms with van der Waals surface area (Å²) < 4.78 is 0. The van der Waals surface area contributed by atoms with Crippen LogP contribution in [0, 0.1) is 0 Å². The molecule has 1 heterocycles. The van der Waals surface area contributed by atoms with Crippen molar-refractivity contribution in [2.45, 2.75) is 25.8 Å². The lowest BCUT2D eigenvalue weighted by Crippen LogP contribution is -2.26. The van der Waals surface area contributed by atoms with Crippen LogP contribution in [0.15, 0.2) is 18.5 Å². The summed E-state index contributed by atoms with van der Waals surface area (Å²) in [6.07, 6.45) is 3.93. The number of H-pyrrole nitrogens is 1. The molecule has 1 rings (SSSR count). The predicted octanol–water partition coefficient (Wildman–Crippen LogP) is 1.06. The molecule has 3 N–H and O–H groups in total. The van der Waals surface area contributed by atoms with Crippen molar-refractivity contribution in [3.63, 3.8) is 0 Å². The lowest BCUT2D eigenvalue weighted by molar-refractivity contribution is -0.137. The minimum absolute atomic E-state index is 0.0378. The number of rotatable bonds is 5. The molecule has 0 aromatic carbocycles. The lowest BCUT2D eigenvalue weighted by atomic mass is 10.1. The Morgan fingerprint density at radius 3 is 2.80 bits per heavy atom. The van der Waals surface area contributed by atoms with E-state index < -0.39 is 5.97 Å². The smallest absolute Gasteiger partial charge is 0.303 e. The summed E-state index contributed by atoms with van der Waals surface area (Å²) in [7, 11) is 0. The van der Waals surface area contributed by atoms with Gasteiger partial charge in [-0.3, -0.25) is 9.59 Å². The highest BCUT2D eigenvalue weighted by atomic mass is 16.4. The molecule has 5 heteroatoms. The number of carbonyl (C=O) groups excluding carboxylic acids is 1. The van der Waals surface area contributed by atoms with E-state index in [1.807, 2.05) is 6.07 Å². The second kappa shape index (κ2) is 5.19. The van der Waals surface area contributed by atoms with Gasteiger partial charge in [0.15, 0.2) is 0 Å². The number of amides is 1. The molecule has 0 aliphatic carbocycles. The Balaban J connectivity index is 2.61. The van der Waals surface area contributed by atoms with Gasteiger partial charge in [0.05, 0.1) is 6.04 Å². The number of carboxylic acid groups (broad SMARTS) is 1. The molecule has 1 unspecified atom stereocenters. The predicted molar refractivity (Wildman–Crippen MR) is 54.2 cm³/mol. The molecule has 0 spiro atoms. The van der Waals surface area contributed by atoms with Gasteiger partial charge in [-0.15, -0.1) is 0 Å². The van der Waals surface area contributed by atoms with E-state index in [-0.39, 0.29) is 18.4 Å². The second-order valence-electron chi connectivity index (χ2n) is 3.33. The van der Waals surface area contributed by atoms with Crippen molar-refractivity contribution in [3.8, 4) is 0 Å². The van der Waals surface area contributed by atoms with E-state index in [2.05, 4.69) is 10.3 Å². The summed E-state index contributed by atoms with van der Waals surface area (Å²) in [6.45, 7) is 1.42. The zero-order valence-corrected chi connectivity index (χ0v) is 8.49. The third-order valence-electron chi connectivity index (χ3n) is 2.05. The summed E-state index contributed by atoms with van der Waals surface area (Å²) in [5.74, 6) is -1.02. The molecule has 0 saturated carbocycles. The number of aromatic nitrogens is 1. The monoisotopic (exact) mass is 210 g/mol. The van der Waals surface area contributed by atoms with Crippen molar-refractivity contribution in [1.82, 2.24) is 10.3 Å². The van der Waals surface area contributed by atoms with Gasteiger partial charge >= 0.3 is 5.97 Å². The molecule has 5 nitrogen and oxygen atoms in total. The van der Waals surface area contributed by atoms with Crippen molar-refractivity contribution >= 4 is 11.9 Å². The minimum Gasteiger partial charge on any atom is -0.481 e. The van der Waals surface area contributed by atoms with Crippen molar-refractivity contribution in [2.24, 2.45) is 0 Å². The van der Waals surface area contributed by atoms with Crippen molar-refractivity contribution in [2.75, 3.05) is 0 Å². The summed E-state index contributed by atoms with van der Waals surface area (Å²) in [5, 5.41) is 11.3. The average molecular weight is 210 g/mol. The Bertz CT molecular complexity index is 332. The average Bonchev–Trinajstić information content (AvgIpc) is 2.63. The number of nitrogens with one attached hydrogen (secondary N) is 2. The van der Waals surface area contributed by atoms with Crippen LogP contribution < -0.4 is 5.32 Å². The number of hydrogen-bond donors (Lipinski definition) is 3. The third-order valence-corrected chi connectivity index (χ3v) is 2.05. The van der Waals surface area contributed by atoms with Crippen LogP contribution in [-0.2, 0) is 9.59 Å². The third kappa shape index (κ3) is 3.84. The van der Waals surface area contributed by atoms with Gasteiger partial charge in [-0.05, 0) is 18.1 Å². The number of carbonyl (C=O) groups is 2. The zero-order valence-electron chi connectivity index (χ0n) is 8.49. The standard InChI is InChI=1S/C10H14N2O3/c1-7(13)12-9(2-3-10(14)15)8-4-5-11-6-8/h4-6,9,11H,2-3H2,1H3,(H,12,13)(H,14,15). The number of aliphatic carboxylic acids is 1. The van der Waals surface area contributed by atoms with Gasteiger partial charge < -0.3 is 15.4 Å². The Morgan fingerprint density at radius 2 is 2.33 bits per heavy atom. The first-order valence-electron chi connectivity index (χ1n) is 4.71. The molecule has 1 atom stereocenters. The summed E-state index contributed by atoms with van der Waals surface area (Å²) >= 11 is 0. The number of hydrogen-bond acceptors (Lipinski definition) is 2. The van der Waals surface area contributed by atoms with Gasteiger partial charge in [-0.1, -0.05) is 0 Å². The Kier molecular flexibility index (Phi) is 3.91. The van der Waals surface area contributed by atoms with Crippen molar-refractivity contribution in [1.29, 1.82) is 0 Å². The topological polar surface area (TPSA) is 82.2 Å². The molecule has 0 bridgehead atoms. The first kappa shape index (κ1) is 11.3. The van der Waals surface area contributed by atoms with E-state index in [0.29, 0.717) is 6.42 Å². The molecule has 0 aliphatic rings. The van der Waals surface area contributed by atoms with Crippen LogP contribution in [0.25, 0.3) is 0 Å². The first-order chi connectivity index (χ1) is 7.09. The van der Waals surface area contributed by atoms with E-state index >= 15 is 0 Å². The molecule has 1 aromatic rings. The number of carboxylic acids is 1. The Hall–Kier alpha value is -1.78. The first-order valence-corrected chi connectivity index (χ1v) is 4.71. The number of aromatic amines is 1. The van der Waals surface area contributed by atoms with Crippen LogP contribution >= 0.6 is 0 Å². The van der Waals surface area contributed by atoms with E-state index in [4.69, 9.17) is 5.11 Å². The van der Waals surface area contributed by atoms with E-state index in [0.717, 1.165) is 5.56 Å². The van der Waals surface area contributed by atoms with Crippen molar-refractivity contribution < 1.29 is 14.7 Å². The fourth-order valence-corrected chi connectivity index (χ4v) is 1.39. The maximum absolute atomic E-state index is 10.9. The van der Waals surface area contributed by atoms with Gasteiger partial charge in [0.25, 0.3) is 0 Å². The lowest BCUT2D eigenvalue weighted by Gasteiger charge is -2.15. The van der Waals surface area contributed by atoms with E-state index in [1.54, 1.807) is 12.4 Å². The highest BCUT2D eigenvalue weighted by Crippen LogP contribution is 2.17. The largest absolute Gasteiger partial charge is 0.481 e. The van der Waals surface area contributed by atoms with Crippen LogP contribution in [0.3, 0.4) is 0 Å². The summed E-state index contributed by atoms with van der Waals surface area (Å²) in [4.78, 5) is 24.2. The van der Waals surface area contributed by atoms with E-state index in [9.17, 15) is 9.59 Å².